The molecule has 3 aromatic rings. The second kappa shape index (κ2) is 7.85. The van der Waals surface area contributed by atoms with Crippen LogP contribution in [0.15, 0.2) is 71.6 Å². The summed E-state index contributed by atoms with van der Waals surface area (Å²) in [5.74, 6) is 1.58. The van der Waals surface area contributed by atoms with Crippen LogP contribution in [-0.2, 0) is 6.54 Å². The van der Waals surface area contributed by atoms with Gasteiger partial charge in [-0.2, -0.15) is 0 Å². The van der Waals surface area contributed by atoms with Crippen LogP contribution in [0.3, 0.4) is 0 Å². The largest absolute Gasteiger partial charge is 0.497 e. The van der Waals surface area contributed by atoms with E-state index in [0.29, 0.717) is 6.54 Å². The van der Waals surface area contributed by atoms with Crippen molar-refractivity contribution in [2.24, 2.45) is 4.99 Å². The molecule has 0 atom stereocenters. The van der Waals surface area contributed by atoms with Gasteiger partial charge in [-0.3, -0.25) is 0 Å². The van der Waals surface area contributed by atoms with Gasteiger partial charge in [-0.25, -0.2) is 4.99 Å². The molecule has 5 heteroatoms. The first-order valence-electron chi connectivity index (χ1n) is 7.88. The van der Waals surface area contributed by atoms with Gasteiger partial charge in [-0.1, -0.05) is 24.3 Å². The normalized spacial score (nSPS) is 11.4. The van der Waals surface area contributed by atoms with Crippen molar-refractivity contribution in [3.8, 4) is 22.8 Å². The zero-order chi connectivity index (χ0) is 17.6. The van der Waals surface area contributed by atoms with Crippen LogP contribution in [0.1, 0.15) is 0 Å². The molecule has 0 aliphatic carbocycles. The Hall–Kier alpha value is -2.79. The van der Waals surface area contributed by atoms with Crippen molar-refractivity contribution in [1.82, 2.24) is 4.57 Å². The van der Waals surface area contributed by atoms with E-state index in [1.807, 2.05) is 54.6 Å². The minimum Gasteiger partial charge on any atom is -0.497 e. The highest BCUT2D eigenvalue weighted by atomic mass is 32.1. The number of hydrogen-bond acceptors (Lipinski definition) is 4. The number of methoxy groups -OCH3 is 2. The van der Waals surface area contributed by atoms with Crippen LogP contribution in [0.25, 0.3) is 11.3 Å². The molecule has 0 saturated heterocycles. The van der Waals surface area contributed by atoms with E-state index in [4.69, 9.17) is 14.5 Å². The average molecular weight is 352 g/mol. The van der Waals surface area contributed by atoms with E-state index in [2.05, 4.69) is 16.5 Å². The average Bonchev–Trinajstić information content (AvgIpc) is 3.04. The number of benzene rings is 2. The Bertz CT molecular complexity index is 926. The monoisotopic (exact) mass is 352 g/mol. The fourth-order valence-corrected chi connectivity index (χ4v) is 3.50. The van der Waals surface area contributed by atoms with Crippen molar-refractivity contribution in [2.45, 2.75) is 6.54 Å². The maximum absolute atomic E-state index is 5.54. The third kappa shape index (κ3) is 3.67. The van der Waals surface area contributed by atoms with E-state index in [1.165, 1.54) is 0 Å². The molecule has 0 radical (unpaired) electrons. The summed E-state index contributed by atoms with van der Waals surface area (Å²) in [6, 6.07) is 15.7. The molecule has 2 aromatic carbocycles. The Kier molecular flexibility index (Phi) is 5.36. The van der Waals surface area contributed by atoms with Crippen molar-refractivity contribution in [1.29, 1.82) is 0 Å². The Morgan fingerprint density at radius 1 is 1.12 bits per heavy atom. The van der Waals surface area contributed by atoms with Crippen molar-refractivity contribution in [3.63, 3.8) is 0 Å². The molecular weight excluding hydrogens is 332 g/mol. The Morgan fingerprint density at radius 2 is 1.92 bits per heavy atom. The number of aromatic nitrogens is 1. The molecule has 0 bridgehead atoms. The van der Waals surface area contributed by atoms with Crippen LogP contribution in [0, 0.1) is 0 Å². The highest BCUT2D eigenvalue weighted by molar-refractivity contribution is 7.07. The summed E-state index contributed by atoms with van der Waals surface area (Å²) in [6.45, 7) is 4.54. The van der Waals surface area contributed by atoms with Gasteiger partial charge in [-0.15, -0.1) is 17.9 Å². The number of rotatable bonds is 6. The van der Waals surface area contributed by atoms with E-state index in [0.717, 1.165) is 33.2 Å². The second-order valence-electron chi connectivity index (χ2n) is 5.32. The lowest BCUT2D eigenvalue weighted by molar-refractivity contribution is 0.404. The summed E-state index contributed by atoms with van der Waals surface area (Å²) >= 11 is 1.59. The van der Waals surface area contributed by atoms with Gasteiger partial charge in [0.1, 0.15) is 11.5 Å². The van der Waals surface area contributed by atoms with Gasteiger partial charge in [0.25, 0.3) is 0 Å². The minimum atomic E-state index is 0.658. The zero-order valence-corrected chi connectivity index (χ0v) is 15.1. The van der Waals surface area contributed by atoms with Gasteiger partial charge in [0, 0.05) is 17.5 Å². The van der Waals surface area contributed by atoms with Crippen LogP contribution in [-0.4, -0.2) is 18.8 Å². The molecule has 0 saturated carbocycles. The van der Waals surface area contributed by atoms with E-state index in [1.54, 1.807) is 25.6 Å². The molecular formula is C20H20N2O2S. The van der Waals surface area contributed by atoms with Crippen LogP contribution in [0.5, 0.6) is 11.5 Å². The molecule has 0 aliphatic heterocycles. The highest BCUT2D eigenvalue weighted by Crippen LogP contribution is 2.33. The molecule has 25 heavy (non-hydrogen) atoms. The molecule has 3 rings (SSSR count). The molecule has 4 nitrogen and oxygen atoms in total. The van der Waals surface area contributed by atoms with Crippen molar-refractivity contribution >= 4 is 17.0 Å². The fraction of sp³-hybridized carbons (Fsp3) is 0.150. The Balaban J connectivity index is 2.18. The second-order valence-corrected chi connectivity index (χ2v) is 6.15. The standard InChI is InChI=1S/C20H20N2O2S/c1-4-12-22-18(17-13-16(23-2)10-11-19(17)24-3)14-25-20(22)21-15-8-6-5-7-9-15/h4-11,13-14H,1,12H2,2-3H3. The van der Waals surface area contributed by atoms with Gasteiger partial charge in [-0.05, 0) is 30.3 Å². The first-order valence-corrected chi connectivity index (χ1v) is 8.76. The number of nitrogens with zero attached hydrogens (tertiary/aromatic N) is 2. The van der Waals surface area contributed by atoms with Crippen LogP contribution in [0.2, 0.25) is 0 Å². The summed E-state index contributed by atoms with van der Waals surface area (Å²) in [5.41, 5.74) is 2.91. The number of hydrogen-bond donors (Lipinski definition) is 0. The molecule has 0 unspecified atom stereocenters. The maximum atomic E-state index is 5.54. The summed E-state index contributed by atoms with van der Waals surface area (Å²) < 4.78 is 13.0. The first kappa shape index (κ1) is 17.0. The molecule has 0 aliphatic rings. The molecule has 0 spiro atoms. The maximum Gasteiger partial charge on any atom is 0.190 e. The predicted molar refractivity (Wildman–Crippen MR) is 103 cm³/mol. The van der Waals surface area contributed by atoms with E-state index < -0.39 is 0 Å². The summed E-state index contributed by atoms with van der Waals surface area (Å²) in [6.07, 6.45) is 1.87. The molecule has 1 aromatic heterocycles. The molecule has 1 heterocycles. The molecule has 0 amide bonds. The van der Waals surface area contributed by atoms with Gasteiger partial charge >= 0.3 is 0 Å². The summed E-state index contributed by atoms with van der Waals surface area (Å²) in [5, 5.41) is 2.09. The van der Waals surface area contributed by atoms with Gasteiger partial charge in [0.05, 0.1) is 25.6 Å². The Labute approximate surface area is 151 Å². The Morgan fingerprint density at radius 3 is 2.60 bits per heavy atom. The zero-order valence-electron chi connectivity index (χ0n) is 14.3. The van der Waals surface area contributed by atoms with Crippen molar-refractivity contribution in [3.05, 3.63) is 71.4 Å². The summed E-state index contributed by atoms with van der Waals surface area (Å²) in [4.78, 5) is 5.67. The lowest BCUT2D eigenvalue weighted by Crippen LogP contribution is -2.15. The third-order valence-electron chi connectivity index (χ3n) is 3.77. The summed E-state index contributed by atoms with van der Waals surface area (Å²) in [7, 11) is 3.33. The number of para-hydroxylation sites is 1. The van der Waals surface area contributed by atoms with E-state index in [-0.39, 0.29) is 0 Å². The van der Waals surface area contributed by atoms with Crippen molar-refractivity contribution in [2.75, 3.05) is 14.2 Å². The van der Waals surface area contributed by atoms with E-state index >= 15 is 0 Å². The number of ether oxygens (including phenoxy) is 2. The smallest absolute Gasteiger partial charge is 0.190 e. The minimum absolute atomic E-state index is 0.658. The molecule has 0 N–H and O–H groups in total. The van der Waals surface area contributed by atoms with Crippen LogP contribution in [0.4, 0.5) is 5.69 Å². The van der Waals surface area contributed by atoms with Gasteiger partial charge in [0.2, 0.25) is 0 Å². The highest BCUT2D eigenvalue weighted by Gasteiger charge is 2.13. The fourth-order valence-electron chi connectivity index (χ4n) is 2.57. The quantitative estimate of drug-likeness (QED) is 0.605. The molecule has 0 fully saturated rings. The first-order chi connectivity index (χ1) is 12.3. The predicted octanol–water partition coefficient (Wildman–Crippen LogP) is 4.65. The topological polar surface area (TPSA) is 35.8 Å². The number of allylic oxidation sites excluding steroid dienone is 1. The molecule has 128 valence electrons. The lowest BCUT2D eigenvalue weighted by Gasteiger charge is -2.12. The third-order valence-corrected chi connectivity index (χ3v) is 4.64. The van der Waals surface area contributed by atoms with Crippen LogP contribution < -0.4 is 14.3 Å². The van der Waals surface area contributed by atoms with Gasteiger partial charge in [0.15, 0.2) is 4.80 Å². The SMILES string of the molecule is C=CCn1c(-c2cc(OC)ccc2OC)csc1=Nc1ccccc1. The number of thiazole rings is 1. The van der Waals surface area contributed by atoms with Gasteiger partial charge < -0.3 is 14.0 Å². The van der Waals surface area contributed by atoms with E-state index in [9.17, 15) is 0 Å². The van der Waals surface area contributed by atoms with Crippen LogP contribution >= 0.6 is 11.3 Å². The van der Waals surface area contributed by atoms with Crippen molar-refractivity contribution < 1.29 is 9.47 Å². The lowest BCUT2D eigenvalue weighted by atomic mass is 10.1.